The Balaban J connectivity index is 1.32. The summed E-state index contributed by atoms with van der Waals surface area (Å²) in [4.78, 5) is 29.5. The fraction of sp³-hybridized carbons (Fsp3) is 0.622. The number of likely N-dealkylation sites (tertiary alicyclic amines) is 2. The second-order valence-corrected chi connectivity index (χ2v) is 14.8. The van der Waals surface area contributed by atoms with Gasteiger partial charge in [0.25, 0.3) is 0 Å². The molecule has 2 aromatic rings. The van der Waals surface area contributed by atoms with Crippen LogP contribution >= 0.6 is 0 Å². The van der Waals surface area contributed by atoms with Crippen molar-refractivity contribution in [2.75, 3.05) is 52.4 Å². The molecule has 4 aliphatic heterocycles. The average Bonchev–Trinajstić information content (AvgIpc) is 3.66. The van der Waals surface area contributed by atoms with Gasteiger partial charge in [-0.15, -0.1) is 0 Å². The van der Waals surface area contributed by atoms with E-state index in [1.807, 2.05) is 0 Å². The summed E-state index contributed by atoms with van der Waals surface area (Å²) in [6.07, 6.45) is 5.53. The Bertz CT molecular complexity index is 1270. The van der Waals surface area contributed by atoms with Crippen molar-refractivity contribution < 1.29 is 9.90 Å². The van der Waals surface area contributed by atoms with E-state index in [2.05, 4.69) is 106 Å². The number of piperidine rings is 2. The van der Waals surface area contributed by atoms with Gasteiger partial charge in [0, 0.05) is 57.8 Å². The molecule has 3 saturated heterocycles. The van der Waals surface area contributed by atoms with Gasteiger partial charge in [0.1, 0.15) is 5.84 Å². The van der Waals surface area contributed by atoms with Crippen molar-refractivity contribution >= 4 is 11.9 Å². The monoisotopic (exact) mass is 614 g/mol. The van der Waals surface area contributed by atoms with E-state index in [1.165, 1.54) is 43.5 Å². The van der Waals surface area contributed by atoms with E-state index in [9.17, 15) is 9.90 Å². The van der Waals surface area contributed by atoms with Gasteiger partial charge >= 0.3 is 6.03 Å². The molecule has 2 N–H and O–H groups in total. The minimum absolute atomic E-state index is 0.00531. The van der Waals surface area contributed by atoms with Gasteiger partial charge in [0.05, 0.1) is 18.2 Å². The molecule has 244 valence electrons. The van der Waals surface area contributed by atoms with Gasteiger partial charge in [-0.1, -0.05) is 87.9 Å². The van der Waals surface area contributed by atoms with Crippen LogP contribution in [0, 0.1) is 11.3 Å². The van der Waals surface area contributed by atoms with Crippen LogP contribution < -0.4 is 5.32 Å². The third-order valence-corrected chi connectivity index (χ3v) is 10.4. The molecule has 8 nitrogen and oxygen atoms in total. The van der Waals surface area contributed by atoms with Crippen LogP contribution in [0.4, 0.5) is 4.79 Å². The predicted octanol–water partition coefficient (Wildman–Crippen LogP) is 5.01. The first-order valence-electron chi connectivity index (χ1n) is 17.4. The molecule has 0 radical (unpaired) electrons. The number of carbonyl (C=O) groups excluding carboxylic acids is 1. The van der Waals surface area contributed by atoms with Gasteiger partial charge in [0.2, 0.25) is 0 Å². The highest BCUT2D eigenvalue weighted by Crippen LogP contribution is 2.36. The zero-order valence-electron chi connectivity index (χ0n) is 27.7. The van der Waals surface area contributed by atoms with E-state index in [-0.39, 0.29) is 29.4 Å². The minimum atomic E-state index is -0.464. The highest BCUT2D eigenvalue weighted by molar-refractivity contribution is 5.93. The summed E-state index contributed by atoms with van der Waals surface area (Å²) < 4.78 is 0. The van der Waals surface area contributed by atoms with Crippen LogP contribution in [0.1, 0.15) is 70.0 Å². The van der Waals surface area contributed by atoms with Crippen molar-refractivity contribution in [1.82, 2.24) is 24.9 Å². The van der Waals surface area contributed by atoms with E-state index in [0.717, 1.165) is 44.9 Å². The number of β-amino-alcohol motifs (C(OH)–C–C–N with tert-alkyl or cyclic N) is 1. The lowest BCUT2D eigenvalue weighted by Crippen LogP contribution is -2.61. The topological polar surface area (TPSA) is 74.6 Å². The maximum atomic E-state index is 14.8. The maximum Gasteiger partial charge on any atom is 0.320 e. The number of amides is 2. The molecule has 0 spiro atoms. The number of benzene rings is 2. The normalized spacial score (nSPS) is 25.8. The molecular weight excluding hydrogens is 560 g/mol. The molecule has 0 saturated carbocycles. The van der Waals surface area contributed by atoms with Crippen molar-refractivity contribution in [3.05, 3.63) is 71.8 Å². The third kappa shape index (κ3) is 7.55. The lowest BCUT2D eigenvalue weighted by molar-refractivity contribution is 0.0601. The van der Waals surface area contributed by atoms with Crippen LogP contribution in [0.3, 0.4) is 0 Å². The van der Waals surface area contributed by atoms with Crippen molar-refractivity contribution in [3.8, 4) is 0 Å². The number of nitrogens with zero attached hydrogens (tertiary/aromatic N) is 5. The maximum absolute atomic E-state index is 14.8. The highest BCUT2D eigenvalue weighted by Gasteiger charge is 2.45. The molecule has 2 amide bonds. The van der Waals surface area contributed by atoms with Crippen LogP contribution in [-0.2, 0) is 6.54 Å². The quantitative estimate of drug-likeness (QED) is 0.438. The molecule has 4 heterocycles. The van der Waals surface area contributed by atoms with Crippen LogP contribution in [-0.4, -0.2) is 107 Å². The molecule has 2 aromatic carbocycles. The number of nitrogens with one attached hydrogen (secondary N) is 1. The molecule has 3 fully saturated rings. The van der Waals surface area contributed by atoms with E-state index >= 15 is 0 Å². The van der Waals surface area contributed by atoms with Crippen molar-refractivity contribution in [2.45, 2.75) is 83.6 Å². The molecule has 0 bridgehead atoms. The Labute approximate surface area is 270 Å². The second-order valence-electron chi connectivity index (χ2n) is 14.8. The predicted molar refractivity (Wildman–Crippen MR) is 181 cm³/mol. The van der Waals surface area contributed by atoms with E-state index < -0.39 is 6.10 Å². The lowest BCUT2D eigenvalue weighted by atomic mass is 9.83. The van der Waals surface area contributed by atoms with Crippen LogP contribution in [0.15, 0.2) is 65.7 Å². The summed E-state index contributed by atoms with van der Waals surface area (Å²) in [5, 5.41) is 14.3. The van der Waals surface area contributed by atoms with Crippen molar-refractivity contribution in [2.24, 2.45) is 16.3 Å². The fourth-order valence-electron chi connectivity index (χ4n) is 7.97. The molecule has 6 rings (SSSR count). The number of urea groups is 1. The lowest BCUT2D eigenvalue weighted by Gasteiger charge is -2.47. The minimum Gasteiger partial charge on any atom is -0.391 e. The number of carbonyl (C=O) groups is 1. The zero-order valence-corrected chi connectivity index (χ0v) is 27.7. The SMILES string of the molecule is CC(C)(C)[C@H](C1=NC(c2ccccc2)CN1Cc1ccccc1)N(C[C@H]1CNC[C@@H]1O)C(=O)N1CCC(N2CCCCC2)CC1. The Hall–Kier alpha value is -2.94. The Morgan fingerprint density at radius 2 is 1.62 bits per heavy atom. The Kier molecular flexibility index (Phi) is 10.1. The summed E-state index contributed by atoms with van der Waals surface area (Å²) in [5.41, 5.74) is 2.16. The number of hydrogen-bond donors (Lipinski definition) is 2. The molecule has 45 heavy (non-hydrogen) atoms. The van der Waals surface area contributed by atoms with E-state index in [0.29, 0.717) is 25.7 Å². The van der Waals surface area contributed by atoms with Crippen LogP contribution in [0.2, 0.25) is 0 Å². The van der Waals surface area contributed by atoms with Gasteiger partial charge in [-0.05, 0) is 55.3 Å². The first-order chi connectivity index (χ1) is 21.8. The molecular formula is C37H54N6O2. The van der Waals surface area contributed by atoms with Gasteiger partial charge in [0.15, 0.2) is 0 Å². The largest absolute Gasteiger partial charge is 0.391 e. The van der Waals surface area contributed by atoms with Crippen molar-refractivity contribution in [3.63, 3.8) is 0 Å². The molecule has 4 atom stereocenters. The first kappa shape index (κ1) is 32.0. The summed E-state index contributed by atoms with van der Waals surface area (Å²) in [6, 6.07) is 21.6. The van der Waals surface area contributed by atoms with Gasteiger partial charge < -0.3 is 30.0 Å². The van der Waals surface area contributed by atoms with Gasteiger partial charge in [-0.3, -0.25) is 4.99 Å². The first-order valence-corrected chi connectivity index (χ1v) is 17.4. The Morgan fingerprint density at radius 1 is 0.956 bits per heavy atom. The van der Waals surface area contributed by atoms with Crippen LogP contribution in [0.25, 0.3) is 0 Å². The number of aliphatic hydroxyl groups excluding tert-OH is 1. The average molecular weight is 615 g/mol. The zero-order chi connectivity index (χ0) is 31.4. The standard InChI is InChI=1S/C37H54N6O2/c1-37(2,3)34(35-39-32(29-15-9-5-10-16-29)27-42(35)25-28-13-7-4-8-14-28)43(26-30-23-38-24-33(30)44)36(45)41-21-17-31(18-22-41)40-19-11-6-12-20-40/h4-5,7-10,13-16,30-34,38,44H,6,11-12,17-27H2,1-3H3/t30-,32?,33+,34+/m1/s1. The van der Waals surface area contributed by atoms with Crippen LogP contribution in [0.5, 0.6) is 0 Å². The van der Waals surface area contributed by atoms with E-state index in [4.69, 9.17) is 4.99 Å². The number of aliphatic imine (C=N–C) groups is 1. The molecule has 1 unspecified atom stereocenters. The number of hydrogen-bond acceptors (Lipinski definition) is 6. The summed E-state index contributed by atoms with van der Waals surface area (Å²) >= 11 is 0. The molecule has 0 aliphatic carbocycles. The summed E-state index contributed by atoms with van der Waals surface area (Å²) in [5.74, 6) is 0.969. The number of amidine groups is 1. The van der Waals surface area contributed by atoms with Gasteiger partial charge in [-0.2, -0.15) is 0 Å². The fourth-order valence-corrected chi connectivity index (χ4v) is 7.97. The van der Waals surface area contributed by atoms with Gasteiger partial charge in [-0.25, -0.2) is 4.79 Å². The molecule has 8 heteroatoms. The number of aliphatic hydroxyl groups is 1. The number of rotatable bonds is 8. The van der Waals surface area contributed by atoms with Crippen molar-refractivity contribution in [1.29, 1.82) is 0 Å². The highest BCUT2D eigenvalue weighted by atomic mass is 16.3. The Morgan fingerprint density at radius 3 is 2.24 bits per heavy atom. The summed E-state index contributed by atoms with van der Waals surface area (Å²) in [7, 11) is 0. The molecule has 0 aromatic heterocycles. The smallest absolute Gasteiger partial charge is 0.320 e. The summed E-state index contributed by atoms with van der Waals surface area (Å²) in [6.45, 7) is 14.0. The molecule has 4 aliphatic rings. The second kappa shape index (κ2) is 14.2. The van der Waals surface area contributed by atoms with E-state index in [1.54, 1.807) is 0 Å². The third-order valence-electron chi connectivity index (χ3n) is 10.4.